The van der Waals surface area contributed by atoms with Crippen molar-refractivity contribution in [3.63, 3.8) is 0 Å². The first-order chi connectivity index (χ1) is 9.52. The van der Waals surface area contributed by atoms with Crippen molar-refractivity contribution >= 4 is 28.9 Å². The van der Waals surface area contributed by atoms with E-state index in [1.165, 1.54) is 18.2 Å². The second-order valence-corrected chi connectivity index (χ2v) is 5.10. The molecule has 0 fully saturated rings. The van der Waals surface area contributed by atoms with Gasteiger partial charge < -0.3 is 4.52 Å². The molecule has 1 unspecified atom stereocenters. The Balaban J connectivity index is 2.40. The van der Waals surface area contributed by atoms with E-state index >= 15 is 0 Å². The molecular weight excluding hydrogens is 305 g/mol. The summed E-state index contributed by atoms with van der Waals surface area (Å²) in [6.07, 6.45) is 1.57. The molecule has 6 nitrogen and oxygen atoms in total. The molecule has 0 saturated carbocycles. The first-order valence-corrected chi connectivity index (χ1v) is 6.76. The predicted octanol–water partition coefficient (Wildman–Crippen LogP) is 4.38. The third-order valence-corrected chi connectivity index (χ3v) is 3.30. The number of nitrogens with zero attached hydrogens (tertiary/aromatic N) is 3. The van der Waals surface area contributed by atoms with E-state index in [-0.39, 0.29) is 27.5 Å². The van der Waals surface area contributed by atoms with Crippen molar-refractivity contribution in [3.8, 4) is 11.5 Å². The topological polar surface area (TPSA) is 82.1 Å². The van der Waals surface area contributed by atoms with Crippen molar-refractivity contribution in [1.82, 2.24) is 10.1 Å². The van der Waals surface area contributed by atoms with Crippen molar-refractivity contribution in [2.45, 2.75) is 25.1 Å². The van der Waals surface area contributed by atoms with Crippen LogP contribution in [-0.2, 0) is 0 Å². The molecule has 0 N–H and O–H groups in total. The lowest BCUT2D eigenvalue weighted by Crippen LogP contribution is -1.94. The third kappa shape index (κ3) is 3.08. The van der Waals surface area contributed by atoms with Crippen LogP contribution < -0.4 is 0 Å². The monoisotopic (exact) mass is 315 g/mol. The molecule has 0 aliphatic carbocycles. The molecular formula is C12H11Cl2N3O3. The molecule has 1 aromatic carbocycles. The number of rotatable bonds is 5. The Labute approximate surface area is 124 Å². The summed E-state index contributed by atoms with van der Waals surface area (Å²) in [6, 6.07) is 4.24. The van der Waals surface area contributed by atoms with Gasteiger partial charge in [0.05, 0.1) is 10.3 Å². The zero-order chi connectivity index (χ0) is 14.7. The molecule has 20 heavy (non-hydrogen) atoms. The summed E-state index contributed by atoms with van der Waals surface area (Å²) < 4.78 is 5.06. The van der Waals surface area contributed by atoms with Crippen molar-refractivity contribution in [1.29, 1.82) is 0 Å². The Hall–Kier alpha value is -1.66. The van der Waals surface area contributed by atoms with Crippen LogP contribution in [0, 0.1) is 10.1 Å². The van der Waals surface area contributed by atoms with E-state index in [0.717, 1.165) is 6.42 Å². The molecule has 2 aromatic rings. The largest absolute Gasteiger partial charge is 0.334 e. The van der Waals surface area contributed by atoms with Crippen LogP contribution in [0.2, 0.25) is 5.02 Å². The third-order valence-electron chi connectivity index (χ3n) is 2.65. The molecule has 8 heteroatoms. The van der Waals surface area contributed by atoms with Crippen molar-refractivity contribution < 1.29 is 9.45 Å². The van der Waals surface area contributed by atoms with Crippen LogP contribution in [0.4, 0.5) is 5.69 Å². The van der Waals surface area contributed by atoms with Crippen LogP contribution >= 0.6 is 23.2 Å². The molecule has 0 bridgehead atoms. The van der Waals surface area contributed by atoms with Gasteiger partial charge in [-0.2, -0.15) is 4.98 Å². The molecule has 0 spiro atoms. The van der Waals surface area contributed by atoms with E-state index < -0.39 is 4.92 Å². The summed E-state index contributed by atoms with van der Waals surface area (Å²) in [5.41, 5.74) is 0.0350. The maximum atomic E-state index is 11.0. The van der Waals surface area contributed by atoms with Gasteiger partial charge in [-0.05, 0) is 18.6 Å². The number of alkyl halides is 1. The van der Waals surface area contributed by atoms with Gasteiger partial charge in [-0.1, -0.05) is 30.1 Å². The van der Waals surface area contributed by atoms with Gasteiger partial charge in [-0.3, -0.25) is 10.1 Å². The number of benzene rings is 1. The Morgan fingerprint density at radius 1 is 1.50 bits per heavy atom. The maximum absolute atomic E-state index is 11.0. The van der Waals surface area contributed by atoms with Crippen molar-refractivity contribution in [2.75, 3.05) is 0 Å². The van der Waals surface area contributed by atoms with Crippen molar-refractivity contribution in [2.24, 2.45) is 0 Å². The standard InChI is InChI=1S/C12H11Cl2N3O3/c1-2-3-9(14)11-15-12(20-16-11)8-5-4-7(13)6-10(8)17(18)19/h4-6,9H,2-3H2,1H3. The molecule has 0 aliphatic rings. The van der Waals surface area contributed by atoms with Gasteiger partial charge in [-0.25, -0.2) is 0 Å². The fourth-order valence-corrected chi connectivity index (χ4v) is 2.16. The molecule has 2 rings (SSSR count). The van der Waals surface area contributed by atoms with E-state index in [1.807, 2.05) is 6.92 Å². The van der Waals surface area contributed by atoms with E-state index in [4.69, 9.17) is 27.7 Å². The molecule has 1 heterocycles. The SMILES string of the molecule is CCCC(Cl)c1noc(-c2ccc(Cl)cc2[N+](=O)[O-])n1. The van der Waals surface area contributed by atoms with Gasteiger partial charge in [0, 0.05) is 11.1 Å². The van der Waals surface area contributed by atoms with Crippen LogP contribution in [0.3, 0.4) is 0 Å². The molecule has 0 aliphatic heterocycles. The number of hydrogen-bond donors (Lipinski definition) is 0. The van der Waals surface area contributed by atoms with Crippen LogP contribution in [0.25, 0.3) is 11.5 Å². The molecule has 1 aromatic heterocycles. The lowest BCUT2D eigenvalue weighted by Gasteiger charge is -2.00. The average molecular weight is 316 g/mol. The summed E-state index contributed by atoms with van der Waals surface area (Å²) in [5, 5.41) is 14.7. The van der Waals surface area contributed by atoms with Crippen LogP contribution in [0.15, 0.2) is 22.7 Å². The van der Waals surface area contributed by atoms with E-state index in [9.17, 15) is 10.1 Å². The quantitative estimate of drug-likeness (QED) is 0.464. The highest BCUT2D eigenvalue weighted by Crippen LogP contribution is 2.32. The Morgan fingerprint density at radius 2 is 2.25 bits per heavy atom. The summed E-state index contributed by atoms with van der Waals surface area (Å²) >= 11 is 11.8. The van der Waals surface area contributed by atoms with E-state index in [0.29, 0.717) is 12.2 Å². The van der Waals surface area contributed by atoms with Gasteiger partial charge in [0.25, 0.3) is 11.6 Å². The zero-order valence-corrected chi connectivity index (χ0v) is 12.1. The van der Waals surface area contributed by atoms with Crippen LogP contribution in [-0.4, -0.2) is 15.1 Å². The number of aromatic nitrogens is 2. The number of hydrogen-bond acceptors (Lipinski definition) is 5. The summed E-state index contributed by atoms with van der Waals surface area (Å²) in [5.74, 6) is 0.387. The van der Waals surface area contributed by atoms with Crippen molar-refractivity contribution in [3.05, 3.63) is 39.2 Å². The van der Waals surface area contributed by atoms with Crippen LogP contribution in [0.1, 0.15) is 31.0 Å². The molecule has 0 amide bonds. The molecule has 1 atom stereocenters. The van der Waals surface area contributed by atoms with Gasteiger partial charge in [0.2, 0.25) is 0 Å². The predicted molar refractivity (Wildman–Crippen MR) is 74.9 cm³/mol. The van der Waals surface area contributed by atoms with E-state index in [2.05, 4.69) is 10.1 Å². The fourth-order valence-electron chi connectivity index (χ4n) is 1.69. The summed E-state index contributed by atoms with van der Waals surface area (Å²) in [7, 11) is 0. The highest BCUT2D eigenvalue weighted by Gasteiger charge is 2.22. The molecule has 0 radical (unpaired) electrons. The molecule has 106 valence electrons. The number of halogens is 2. The van der Waals surface area contributed by atoms with Gasteiger partial charge in [-0.15, -0.1) is 11.6 Å². The minimum atomic E-state index is -0.546. The number of nitro benzene ring substituents is 1. The fraction of sp³-hybridized carbons (Fsp3) is 0.333. The second-order valence-electron chi connectivity index (χ2n) is 4.13. The Bertz CT molecular complexity index is 630. The van der Waals surface area contributed by atoms with Gasteiger partial charge in [0.1, 0.15) is 5.56 Å². The van der Waals surface area contributed by atoms with Gasteiger partial charge >= 0.3 is 0 Å². The Kier molecular flexibility index (Phi) is 4.57. The minimum absolute atomic E-state index is 0.0603. The lowest BCUT2D eigenvalue weighted by atomic mass is 10.2. The van der Waals surface area contributed by atoms with Crippen LogP contribution in [0.5, 0.6) is 0 Å². The zero-order valence-electron chi connectivity index (χ0n) is 10.5. The first-order valence-electron chi connectivity index (χ1n) is 5.95. The molecule has 0 saturated heterocycles. The average Bonchev–Trinajstić information content (AvgIpc) is 2.88. The first kappa shape index (κ1) is 14.7. The minimum Gasteiger partial charge on any atom is -0.334 e. The lowest BCUT2D eigenvalue weighted by molar-refractivity contribution is -0.384. The summed E-state index contributed by atoms with van der Waals surface area (Å²) in [4.78, 5) is 14.6. The normalized spacial score (nSPS) is 12.3. The highest BCUT2D eigenvalue weighted by molar-refractivity contribution is 6.30. The number of nitro groups is 1. The van der Waals surface area contributed by atoms with Gasteiger partial charge in [0.15, 0.2) is 5.82 Å². The second kappa shape index (κ2) is 6.19. The highest BCUT2D eigenvalue weighted by atomic mass is 35.5. The van der Waals surface area contributed by atoms with E-state index in [1.54, 1.807) is 0 Å². The smallest absolute Gasteiger partial charge is 0.283 e. The Morgan fingerprint density at radius 3 is 2.90 bits per heavy atom. The maximum Gasteiger partial charge on any atom is 0.283 e. The summed E-state index contributed by atoms with van der Waals surface area (Å²) in [6.45, 7) is 1.99.